The Bertz CT molecular complexity index is 453. The van der Waals surface area contributed by atoms with Crippen LogP contribution in [0.1, 0.15) is 0 Å². The molecule has 0 amide bonds. The lowest BCUT2D eigenvalue weighted by Gasteiger charge is -2.08. The molecule has 0 spiro atoms. The van der Waals surface area contributed by atoms with Crippen LogP contribution in [0.5, 0.6) is 0 Å². The third kappa shape index (κ3) is 2.87. The van der Waals surface area contributed by atoms with Crippen LogP contribution < -0.4 is 5.32 Å². The standard InChI is InChI=1S/C12H12BrNO3/c1-16-12(15)10-6-17-7-11(10)14-9-4-2-8(13)3-5-9/h2-5,14H,6-7H2,1H3. The molecule has 0 bridgehead atoms. The first-order valence-corrected chi connectivity index (χ1v) is 5.90. The van der Waals surface area contributed by atoms with E-state index in [0.717, 1.165) is 15.9 Å². The Morgan fingerprint density at radius 1 is 1.35 bits per heavy atom. The number of ether oxygens (including phenoxy) is 2. The summed E-state index contributed by atoms with van der Waals surface area (Å²) >= 11 is 3.37. The highest BCUT2D eigenvalue weighted by molar-refractivity contribution is 9.10. The van der Waals surface area contributed by atoms with Gasteiger partial charge in [-0.05, 0) is 24.3 Å². The number of hydrogen-bond donors (Lipinski definition) is 1. The summed E-state index contributed by atoms with van der Waals surface area (Å²) in [5.74, 6) is -0.345. The zero-order valence-electron chi connectivity index (χ0n) is 9.33. The molecule has 1 aliphatic rings. The van der Waals surface area contributed by atoms with E-state index in [9.17, 15) is 4.79 Å². The maximum Gasteiger partial charge on any atom is 0.337 e. The van der Waals surface area contributed by atoms with Crippen LogP contribution in [-0.2, 0) is 14.3 Å². The molecule has 1 aromatic rings. The lowest BCUT2D eigenvalue weighted by atomic mass is 10.2. The van der Waals surface area contributed by atoms with Crippen molar-refractivity contribution in [3.8, 4) is 0 Å². The van der Waals surface area contributed by atoms with Gasteiger partial charge in [0.25, 0.3) is 0 Å². The summed E-state index contributed by atoms with van der Waals surface area (Å²) in [5, 5.41) is 3.17. The zero-order valence-corrected chi connectivity index (χ0v) is 10.9. The monoisotopic (exact) mass is 297 g/mol. The molecule has 5 heteroatoms. The van der Waals surface area contributed by atoms with Gasteiger partial charge in [-0.15, -0.1) is 0 Å². The van der Waals surface area contributed by atoms with E-state index in [2.05, 4.69) is 21.2 Å². The van der Waals surface area contributed by atoms with E-state index in [1.54, 1.807) is 0 Å². The Morgan fingerprint density at radius 3 is 2.71 bits per heavy atom. The van der Waals surface area contributed by atoms with E-state index in [0.29, 0.717) is 18.8 Å². The van der Waals surface area contributed by atoms with Gasteiger partial charge in [-0.1, -0.05) is 15.9 Å². The van der Waals surface area contributed by atoms with Crippen LogP contribution in [0.4, 0.5) is 5.69 Å². The summed E-state index contributed by atoms with van der Waals surface area (Å²) in [7, 11) is 1.37. The van der Waals surface area contributed by atoms with Crippen LogP contribution in [0.3, 0.4) is 0 Å². The summed E-state index contributed by atoms with van der Waals surface area (Å²) in [5.41, 5.74) is 2.23. The summed E-state index contributed by atoms with van der Waals surface area (Å²) in [6.45, 7) is 0.700. The first-order valence-electron chi connectivity index (χ1n) is 5.11. The SMILES string of the molecule is COC(=O)C1=C(Nc2ccc(Br)cc2)COC1. The Morgan fingerprint density at radius 2 is 2.06 bits per heavy atom. The Hall–Kier alpha value is -1.33. The number of halogens is 1. The summed E-state index contributed by atoms with van der Waals surface area (Å²) in [6, 6.07) is 7.70. The quantitative estimate of drug-likeness (QED) is 0.870. The number of anilines is 1. The van der Waals surface area contributed by atoms with Gasteiger partial charge < -0.3 is 14.8 Å². The van der Waals surface area contributed by atoms with Crippen LogP contribution in [-0.4, -0.2) is 26.3 Å². The predicted molar refractivity (Wildman–Crippen MR) is 67.6 cm³/mol. The molecule has 0 atom stereocenters. The average Bonchev–Trinajstić information content (AvgIpc) is 2.79. The van der Waals surface area contributed by atoms with Gasteiger partial charge in [0.05, 0.1) is 31.6 Å². The second-order valence-electron chi connectivity index (χ2n) is 3.57. The van der Waals surface area contributed by atoms with E-state index in [-0.39, 0.29) is 5.97 Å². The Kier molecular flexibility index (Phi) is 3.81. The molecule has 0 unspecified atom stereocenters. The highest BCUT2D eigenvalue weighted by Gasteiger charge is 2.22. The smallest absolute Gasteiger partial charge is 0.337 e. The second kappa shape index (κ2) is 5.33. The maximum atomic E-state index is 11.5. The molecule has 0 saturated carbocycles. The molecular weight excluding hydrogens is 286 g/mol. The summed E-state index contributed by atoms with van der Waals surface area (Å²) in [4.78, 5) is 11.5. The van der Waals surface area contributed by atoms with Crippen molar-refractivity contribution < 1.29 is 14.3 Å². The fraction of sp³-hybridized carbons (Fsp3) is 0.250. The number of carbonyl (C=O) groups is 1. The molecule has 4 nitrogen and oxygen atoms in total. The highest BCUT2D eigenvalue weighted by Crippen LogP contribution is 2.20. The van der Waals surface area contributed by atoms with Crippen LogP contribution >= 0.6 is 15.9 Å². The van der Waals surface area contributed by atoms with Gasteiger partial charge in [0.2, 0.25) is 0 Å². The molecule has 0 fully saturated rings. The molecule has 0 aliphatic carbocycles. The van der Waals surface area contributed by atoms with Gasteiger partial charge in [-0.2, -0.15) is 0 Å². The van der Waals surface area contributed by atoms with Gasteiger partial charge in [-0.25, -0.2) is 4.79 Å². The number of hydrogen-bond acceptors (Lipinski definition) is 4. The topological polar surface area (TPSA) is 47.6 Å². The first-order chi connectivity index (χ1) is 8.20. The van der Waals surface area contributed by atoms with E-state index in [1.807, 2.05) is 24.3 Å². The number of esters is 1. The molecule has 1 N–H and O–H groups in total. The van der Waals surface area contributed by atoms with Crippen molar-refractivity contribution in [2.45, 2.75) is 0 Å². The molecule has 2 rings (SSSR count). The maximum absolute atomic E-state index is 11.5. The second-order valence-corrected chi connectivity index (χ2v) is 4.49. The van der Waals surface area contributed by atoms with E-state index in [1.165, 1.54) is 7.11 Å². The van der Waals surface area contributed by atoms with E-state index < -0.39 is 0 Å². The average molecular weight is 298 g/mol. The fourth-order valence-corrected chi connectivity index (χ4v) is 1.82. The minimum Gasteiger partial charge on any atom is -0.466 e. The van der Waals surface area contributed by atoms with Crippen molar-refractivity contribution in [2.75, 3.05) is 25.6 Å². The molecule has 0 aromatic heterocycles. The van der Waals surface area contributed by atoms with Crippen molar-refractivity contribution in [3.05, 3.63) is 40.0 Å². The number of carbonyl (C=O) groups excluding carboxylic acids is 1. The van der Waals surface area contributed by atoms with Gasteiger partial charge in [0.15, 0.2) is 0 Å². The molecule has 90 valence electrons. The van der Waals surface area contributed by atoms with Gasteiger partial charge in [-0.3, -0.25) is 0 Å². The van der Waals surface area contributed by atoms with Crippen LogP contribution in [0.25, 0.3) is 0 Å². The number of benzene rings is 1. The third-order valence-corrected chi connectivity index (χ3v) is 2.96. The van der Waals surface area contributed by atoms with Crippen LogP contribution in [0.15, 0.2) is 40.0 Å². The molecule has 1 aromatic carbocycles. The van der Waals surface area contributed by atoms with Crippen molar-refractivity contribution in [1.29, 1.82) is 0 Å². The highest BCUT2D eigenvalue weighted by atomic mass is 79.9. The van der Waals surface area contributed by atoms with Crippen molar-refractivity contribution in [2.24, 2.45) is 0 Å². The Labute approximate surface area is 108 Å². The van der Waals surface area contributed by atoms with E-state index in [4.69, 9.17) is 9.47 Å². The largest absolute Gasteiger partial charge is 0.466 e. The third-order valence-electron chi connectivity index (χ3n) is 2.43. The van der Waals surface area contributed by atoms with E-state index >= 15 is 0 Å². The molecule has 0 radical (unpaired) electrons. The molecule has 17 heavy (non-hydrogen) atoms. The number of methoxy groups -OCH3 is 1. The normalized spacial score (nSPS) is 14.9. The van der Waals surface area contributed by atoms with Crippen molar-refractivity contribution in [1.82, 2.24) is 0 Å². The van der Waals surface area contributed by atoms with Crippen molar-refractivity contribution >= 4 is 27.6 Å². The van der Waals surface area contributed by atoms with Gasteiger partial charge >= 0.3 is 5.97 Å². The fourth-order valence-electron chi connectivity index (χ4n) is 1.55. The molecule has 0 saturated heterocycles. The molecule has 1 heterocycles. The van der Waals surface area contributed by atoms with Crippen molar-refractivity contribution in [3.63, 3.8) is 0 Å². The Balaban J connectivity index is 2.17. The summed E-state index contributed by atoms with van der Waals surface area (Å²) < 4.78 is 10.9. The minimum atomic E-state index is -0.345. The lowest BCUT2D eigenvalue weighted by molar-refractivity contribution is -0.136. The van der Waals surface area contributed by atoms with Gasteiger partial charge in [0, 0.05) is 10.2 Å². The van der Waals surface area contributed by atoms with Crippen LogP contribution in [0.2, 0.25) is 0 Å². The number of rotatable bonds is 3. The molecule has 1 aliphatic heterocycles. The minimum absolute atomic E-state index is 0.297. The van der Waals surface area contributed by atoms with Gasteiger partial charge in [0.1, 0.15) is 0 Å². The summed E-state index contributed by atoms with van der Waals surface area (Å²) in [6.07, 6.45) is 0. The van der Waals surface area contributed by atoms with Crippen LogP contribution in [0, 0.1) is 0 Å². The number of nitrogens with one attached hydrogen (secondary N) is 1. The lowest BCUT2D eigenvalue weighted by Crippen LogP contribution is -2.11. The molecular formula is C12H12BrNO3. The zero-order chi connectivity index (χ0) is 12.3. The first kappa shape index (κ1) is 12.1. The predicted octanol–water partition coefficient (Wildman–Crippen LogP) is 2.32.